The fourth-order valence-corrected chi connectivity index (χ4v) is 3.16. The standard InChI is InChI=1S/C21H20F2N4O/c1-13-8-15-11-16(9-13)26-21-25-12-18(23)20(27-21)17-5-4-14(22)10-19(17)28-7-3-2-6-24-15/h4-5,8-12,24H,2-3,6-7H2,1H3,(H,25,26,27). The lowest BCUT2D eigenvalue weighted by atomic mass is 10.1. The van der Waals surface area contributed by atoms with E-state index in [0.29, 0.717) is 12.2 Å². The highest BCUT2D eigenvalue weighted by Crippen LogP contribution is 2.32. The minimum Gasteiger partial charge on any atom is -0.493 e. The molecule has 2 N–H and O–H groups in total. The second kappa shape index (κ2) is 7.80. The highest BCUT2D eigenvalue weighted by atomic mass is 19.1. The first-order valence-electron chi connectivity index (χ1n) is 9.16. The number of rotatable bonds is 0. The summed E-state index contributed by atoms with van der Waals surface area (Å²) in [4.78, 5) is 8.36. The third kappa shape index (κ3) is 4.03. The van der Waals surface area contributed by atoms with Crippen LogP contribution in [0.4, 0.5) is 26.1 Å². The van der Waals surface area contributed by atoms with Crippen LogP contribution < -0.4 is 15.4 Å². The SMILES string of the molecule is Cc1cc2cc(c1)Nc1ncc(F)c(n1)-c1ccc(F)cc1OCCCCN2. The van der Waals surface area contributed by atoms with Crippen molar-refractivity contribution >= 4 is 17.3 Å². The first kappa shape index (κ1) is 18.2. The summed E-state index contributed by atoms with van der Waals surface area (Å²) >= 11 is 0. The van der Waals surface area contributed by atoms with Crippen molar-refractivity contribution in [2.45, 2.75) is 19.8 Å². The summed E-state index contributed by atoms with van der Waals surface area (Å²) in [5.74, 6) is -0.531. The first-order valence-corrected chi connectivity index (χ1v) is 9.16. The maximum Gasteiger partial charge on any atom is 0.227 e. The lowest BCUT2D eigenvalue weighted by molar-refractivity contribution is 0.308. The van der Waals surface area contributed by atoms with E-state index in [1.54, 1.807) is 0 Å². The van der Waals surface area contributed by atoms with E-state index in [-0.39, 0.29) is 17.4 Å². The van der Waals surface area contributed by atoms with Gasteiger partial charge in [0.05, 0.1) is 12.8 Å². The molecule has 0 spiro atoms. The molecule has 2 aromatic carbocycles. The molecule has 144 valence electrons. The molecule has 0 atom stereocenters. The van der Waals surface area contributed by atoms with Crippen molar-refractivity contribution in [3.05, 3.63) is 59.8 Å². The molecule has 0 radical (unpaired) electrons. The number of halogens is 2. The van der Waals surface area contributed by atoms with Crippen molar-refractivity contribution in [3.8, 4) is 17.0 Å². The van der Waals surface area contributed by atoms with E-state index in [0.717, 1.165) is 42.5 Å². The Morgan fingerprint density at radius 2 is 1.89 bits per heavy atom. The maximum absolute atomic E-state index is 14.5. The Bertz CT molecular complexity index is 1010. The molecule has 28 heavy (non-hydrogen) atoms. The largest absolute Gasteiger partial charge is 0.493 e. The zero-order chi connectivity index (χ0) is 19.5. The molecular formula is C21H20F2N4O. The number of nitrogens with one attached hydrogen (secondary N) is 2. The van der Waals surface area contributed by atoms with Crippen molar-refractivity contribution in [2.24, 2.45) is 0 Å². The fourth-order valence-electron chi connectivity index (χ4n) is 3.16. The monoisotopic (exact) mass is 382 g/mol. The molecule has 0 fully saturated rings. The molecule has 0 saturated carbocycles. The van der Waals surface area contributed by atoms with Gasteiger partial charge in [0.1, 0.15) is 17.3 Å². The highest BCUT2D eigenvalue weighted by Gasteiger charge is 2.16. The van der Waals surface area contributed by atoms with Crippen LogP contribution in [0.25, 0.3) is 11.3 Å². The second-order valence-electron chi connectivity index (χ2n) is 6.73. The lowest BCUT2D eigenvalue weighted by Gasteiger charge is -2.13. The van der Waals surface area contributed by atoms with Gasteiger partial charge in [-0.2, -0.15) is 0 Å². The molecule has 0 amide bonds. The van der Waals surface area contributed by atoms with Gasteiger partial charge in [-0.15, -0.1) is 0 Å². The van der Waals surface area contributed by atoms with E-state index in [1.165, 1.54) is 18.2 Å². The average molecular weight is 382 g/mol. The summed E-state index contributed by atoms with van der Waals surface area (Å²) in [6.45, 7) is 3.18. The molecule has 4 bridgehead atoms. The smallest absolute Gasteiger partial charge is 0.227 e. The van der Waals surface area contributed by atoms with Gasteiger partial charge in [-0.1, -0.05) is 0 Å². The number of benzene rings is 2. The van der Waals surface area contributed by atoms with Gasteiger partial charge in [0.15, 0.2) is 5.82 Å². The quantitative estimate of drug-likeness (QED) is 0.569. The predicted molar refractivity (Wildman–Crippen MR) is 105 cm³/mol. The third-order valence-electron chi connectivity index (χ3n) is 4.43. The minimum atomic E-state index is -0.599. The zero-order valence-corrected chi connectivity index (χ0v) is 15.4. The Morgan fingerprint density at radius 1 is 1.04 bits per heavy atom. The summed E-state index contributed by atoms with van der Waals surface area (Å²) in [6.07, 6.45) is 2.76. The lowest BCUT2D eigenvalue weighted by Crippen LogP contribution is -2.05. The third-order valence-corrected chi connectivity index (χ3v) is 4.43. The van der Waals surface area contributed by atoms with Crippen molar-refractivity contribution in [1.29, 1.82) is 0 Å². The number of hydrogen-bond donors (Lipinski definition) is 2. The van der Waals surface area contributed by atoms with Crippen LogP contribution >= 0.6 is 0 Å². The number of aromatic nitrogens is 2. The van der Waals surface area contributed by atoms with E-state index < -0.39 is 11.6 Å². The number of fused-ring (bicyclic) bond motifs is 6. The van der Waals surface area contributed by atoms with Gasteiger partial charge in [0, 0.05) is 29.5 Å². The molecule has 7 heteroatoms. The normalized spacial score (nSPS) is 13.8. The Balaban J connectivity index is 1.80. The Labute approximate surface area is 161 Å². The second-order valence-corrected chi connectivity index (χ2v) is 6.73. The molecule has 3 aromatic rings. The highest BCUT2D eigenvalue weighted by molar-refractivity contribution is 5.70. The molecule has 1 aliphatic rings. The summed E-state index contributed by atoms with van der Waals surface area (Å²) in [5, 5.41) is 6.50. The van der Waals surface area contributed by atoms with Crippen LogP contribution in [0.2, 0.25) is 0 Å². The van der Waals surface area contributed by atoms with E-state index in [9.17, 15) is 8.78 Å². The van der Waals surface area contributed by atoms with Crippen LogP contribution in [0.3, 0.4) is 0 Å². The van der Waals surface area contributed by atoms with Gasteiger partial charge in [0.2, 0.25) is 5.95 Å². The van der Waals surface area contributed by atoms with E-state index in [1.807, 2.05) is 19.1 Å². The Hall–Kier alpha value is -3.22. The van der Waals surface area contributed by atoms with Gasteiger partial charge in [-0.05, 0) is 55.7 Å². The van der Waals surface area contributed by atoms with Crippen molar-refractivity contribution in [3.63, 3.8) is 0 Å². The molecule has 1 aliphatic heterocycles. The Morgan fingerprint density at radius 3 is 2.79 bits per heavy atom. The number of hydrogen-bond acceptors (Lipinski definition) is 5. The van der Waals surface area contributed by atoms with Gasteiger partial charge < -0.3 is 15.4 Å². The van der Waals surface area contributed by atoms with Crippen molar-refractivity contribution < 1.29 is 13.5 Å². The van der Waals surface area contributed by atoms with E-state index in [4.69, 9.17) is 4.74 Å². The first-order chi connectivity index (χ1) is 13.6. The summed E-state index contributed by atoms with van der Waals surface area (Å²) in [5.41, 5.74) is 3.30. The summed E-state index contributed by atoms with van der Waals surface area (Å²) in [7, 11) is 0. The maximum atomic E-state index is 14.5. The van der Waals surface area contributed by atoms with Gasteiger partial charge in [-0.25, -0.2) is 18.7 Å². The average Bonchev–Trinajstić information content (AvgIpc) is 2.66. The summed E-state index contributed by atoms with van der Waals surface area (Å²) in [6, 6.07) is 9.97. The zero-order valence-electron chi connectivity index (χ0n) is 15.4. The molecule has 5 nitrogen and oxygen atoms in total. The number of anilines is 3. The Kier molecular flexibility index (Phi) is 5.06. The molecule has 0 saturated heterocycles. The van der Waals surface area contributed by atoms with Gasteiger partial charge in [0.25, 0.3) is 0 Å². The topological polar surface area (TPSA) is 59.1 Å². The van der Waals surface area contributed by atoms with Crippen LogP contribution in [-0.4, -0.2) is 23.1 Å². The predicted octanol–water partition coefficient (Wildman–Crippen LogP) is 5.06. The molecule has 4 rings (SSSR count). The molecule has 0 unspecified atom stereocenters. The number of ether oxygens (including phenoxy) is 1. The molecule has 1 aromatic heterocycles. The number of nitrogens with zero attached hydrogens (tertiary/aromatic N) is 2. The molecule has 2 heterocycles. The van der Waals surface area contributed by atoms with Crippen molar-refractivity contribution in [2.75, 3.05) is 23.8 Å². The van der Waals surface area contributed by atoms with Crippen LogP contribution in [-0.2, 0) is 0 Å². The van der Waals surface area contributed by atoms with Crippen LogP contribution in [0, 0.1) is 18.6 Å². The minimum absolute atomic E-state index is 0.0633. The van der Waals surface area contributed by atoms with E-state index in [2.05, 4.69) is 26.7 Å². The van der Waals surface area contributed by atoms with Gasteiger partial charge >= 0.3 is 0 Å². The molecule has 0 aliphatic carbocycles. The van der Waals surface area contributed by atoms with Gasteiger partial charge in [-0.3, -0.25) is 0 Å². The summed E-state index contributed by atoms with van der Waals surface area (Å²) < 4.78 is 34.0. The van der Waals surface area contributed by atoms with Crippen molar-refractivity contribution in [1.82, 2.24) is 9.97 Å². The van der Waals surface area contributed by atoms with Crippen LogP contribution in [0.15, 0.2) is 42.6 Å². The van der Waals surface area contributed by atoms with E-state index >= 15 is 0 Å². The van der Waals surface area contributed by atoms with Crippen LogP contribution in [0.1, 0.15) is 18.4 Å². The van der Waals surface area contributed by atoms with Crippen LogP contribution in [0.5, 0.6) is 5.75 Å². The number of aryl methyl sites for hydroxylation is 1. The fraction of sp³-hybridized carbons (Fsp3) is 0.238. The molecular weight excluding hydrogens is 362 g/mol.